The van der Waals surface area contributed by atoms with Gasteiger partial charge in [0.15, 0.2) is 11.5 Å². The molecular formula is C13H12O2. The van der Waals surface area contributed by atoms with Crippen molar-refractivity contribution in [1.82, 2.24) is 0 Å². The smallest absolute Gasteiger partial charge is 0.161 e. The standard InChI is InChI=1S/C13H12O2/c14-12-8-4-7-11(13(12)15)9-10-5-2-1-3-6-10/h1-8,14-15H,9H2. The summed E-state index contributed by atoms with van der Waals surface area (Å²) in [6.45, 7) is 0. The molecule has 0 aliphatic rings. The van der Waals surface area contributed by atoms with Crippen LogP contribution in [0, 0.1) is 0 Å². The van der Waals surface area contributed by atoms with Crippen LogP contribution < -0.4 is 0 Å². The molecule has 2 heteroatoms. The van der Waals surface area contributed by atoms with E-state index in [4.69, 9.17) is 0 Å². The predicted octanol–water partition coefficient (Wildman–Crippen LogP) is 2.69. The second-order valence-electron chi connectivity index (χ2n) is 3.45. The number of phenols is 2. The number of phenolic OH excluding ortho intramolecular Hbond substituents is 2. The van der Waals surface area contributed by atoms with Crippen molar-refractivity contribution >= 4 is 0 Å². The van der Waals surface area contributed by atoms with Crippen molar-refractivity contribution < 1.29 is 10.2 Å². The Morgan fingerprint density at radius 2 is 1.53 bits per heavy atom. The van der Waals surface area contributed by atoms with Gasteiger partial charge in [-0.3, -0.25) is 0 Å². The fourth-order valence-corrected chi connectivity index (χ4v) is 1.54. The molecule has 0 atom stereocenters. The van der Waals surface area contributed by atoms with E-state index in [1.165, 1.54) is 6.07 Å². The lowest BCUT2D eigenvalue weighted by Gasteiger charge is -2.05. The molecule has 0 heterocycles. The number of para-hydroxylation sites is 1. The fraction of sp³-hybridized carbons (Fsp3) is 0.0769. The molecular weight excluding hydrogens is 188 g/mol. The van der Waals surface area contributed by atoms with Crippen LogP contribution in [-0.2, 0) is 6.42 Å². The molecule has 2 nitrogen and oxygen atoms in total. The van der Waals surface area contributed by atoms with Gasteiger partial charge in [0.25, 0.3) is 0 Å². The van der Waals surface area contributed by atoms with E-state index in [0.29, 0.717) is 6.42 Å². The van der Waals surface area contributed by atoms with Crippen molar-refractivity contribution in [3.63, 3.8) is 0 Å². The summed E-state index contributed by atoms with van der Waals surface area (Å²) >= 11 is 0. The van der Waals surface area contributed by atoms with E-state index in [0.717, 1.165) is 11.1 Å². The van der Waals surface area contributed by atoms with Crippen molar-refractivity contribution in [3.05, 3.63) is 59.7 Å². The largest absolute Gasteiger partial charge is 0.504 e. The van der Waals surface area contributed by atoms with E-state index in [9.17, 15) is 10.2 Å². The number of hydrogen-bond acceptors (Lipinski definition) is 2. The molecule has 0 aliphatic carbocycles. The molecule has 2 aromatic rings. The zero-order valence-corrected chi connectivity index (χ0v) is 8.22. The van der Waals surface area contributed by atoms with Crippen molar-refractivity contribution in [3.8, 4) is 11.5 Å². The Balaban J connectivity index is 2.29. The number of aromatic hydroxyl groups is 2. The Kier molecular flexibility index (Phi) is 2.59. The van der Waals surface area contributed by atoms with Gasteiger partial charge in [-0.1, -0.05) is 42.5 Å². The van der Waals surface area contributed by atoms with Gasteiger partial charge in [0.1, 0.15) is 0 Å². The fourth-order valence-electron chi connectivity index (χ4n) is 1.54. The molecule has 0 spiro atoms. The Morgan fingerprint density at radius 3 is 2.27 bits per heavy atom. The van der Waals surface area contributed by atoms with E-state index >= 15 is 0 Å². The summed E-state index contributed by atoms with van der Waals surface area (Å²) in [6.07, 6.45) is 0.626. The van der Waals surface area contributed by atoms with Crippen LogP contribution >= 0.6 is 0 Å². The Hall–Kier alpha value is -1.96. The van der Waals surface area contributed by atoms with Crippen LogP contribution in [0.2, 0.25) is 0 Å². The molecule has 0 radical (unpaired) electrons. The van der Waals surface area contributed by atoms with Crippen LogP contribution in [0.1, 0.15) is 11.1 Å². The van der Waals surface area contributed by atoms with Crippen LogP contribution in [0.15, 0.2) is 48.5 Å². The normalized spacial score (nSPS) is 10.1. The molecule has 0 saturated carbocycles. The molecule has 2 aromatic carbocycles. The van der Waals surface area contributed by atoms with Gasteiger partial charge in [0.05, 0.1) is 0 Å². The summed E-state index contributed by atoms with van der Waals surface area (Å²) in [7, 11) is 0. The van der Waals surface area contributed by atoms with Crippen molar-refractivity contribution in [2.75, 3.05) is 0 Å². The molecule has 2 N–H and O–H groups in total. The molecule has 0 saturated heterocycles. The first-order chi connectivity index (χ1) is 7.27. The Morgan fingerprint density at radius 1 is 0.800 bits per heavy atom. The van der Waals surface area contributed by atoms with Gasteiger partial charge in [-0.25, -0.2) is 0 Å². The maximum atomic E-state index is 9.61. The summed E-state index contributed by atoms with van der Waals surface area (Å²) in [5.74, 6) is -0.0928. The number of hydrogen-bond donors (Lipinski definition) is 2. The van der Waals surface area contributed by atoms with Crippen LogP contribution in [0.4, 0.5) is 0 Å². The maximum Gasteiger partial charge on any atom is 0.161 e. The molecule has 0 amide bonds. The predicted molar refractivity (Wildman–Crippen MR) is 59.0 cm³/mol. The minimum atomic E-state index is -0.0663. The summed E-state index contributed by atoms with van der Waals surface area (Å²) in [5, 5.41) is 18.9. The molecule has 15 heavy (non-hydrogen) atoms. The van der Waals surface area contributed by atoms with Gasteiger partial charge in [0, 0.05) is 12.0 Å². The zero-order valence-electron chi connectivity index (χ0n) is 8.22. The van der Waals surface area contributed by atoms with E-state index in [1.807, 2.05) is 36.4 Å². The summed E-state index contributed by atoms with van der Waals surface area (Å²) in [4.78, 5) is 0. The quantitative estimate of drug-likeness (QED) is 0.732. The first-order valence-electron chi connectivity index (χ1n) is 4.81. The third kappa shape index (κ3) is 2.10. The van der Waals surface area contributed by atoms with Crippen LogP contribution in [0.5, 0.6) is 11.5 Å². The van der Waals surface area contributed by atoms with Crippen LogP contribution in [0.3, 0.4) is 0 Å². The first-order valence-corrected chi connectivity index (χ1v) is 4.81. The van der Waals surface area contributed by atoms with Gasteiger partial charge in [-0.2, -0.15) is 0 Å². The molecule has 0 bridgehead atoms. The zero-order chi connectivity index (χ0) is 10.7. The van der Waals surface area contributed by atoms with Crippen molar-refractivity contribution in [1.29, 1.82) is 0 Å². The third-order valence-corrected chi connectivity index (χ3v) is 2.34. The second-order valence-corrected chi connectivity index (χ2v) is 3.45. The van der Waals surface area contributed by atoms with Gasteiger partial charge >= 0.3 is 0 Å². The lowest BCUT2D eigenvalue weighted by atomic mass is 10.0. The van der Waals surface area contributed by atoms with Crippen LogP contribution in [0.25, 0.3) is 0 Å². The summed E-state index contributed by atoms with van der Waals surface area (Å²) < 4.78 is 0. The van der Waals surface area contributed by atoms with Gasteiger partial charge in [0.2, 0.25) is 0 Å². The third-order valence-electron chi connectivity index (χ3n) is 2.34. The molecule has 0 aliphatic heterocycles. The Labute approximate surface area is 88.4 Å². The number of benzene rings is 2. The van der Waals surface area contributed by atoms with Crippen molar-refractivity contribution in [2.24, 2.45) is 0 Å². The molecule has 2 rings (SSSR count). The van der Waals surface area contributed by atoms with E-state index in [2.05, 4.69) is 0 Å². The highest BCUT2D eigenvalue weighted by molar-refractivity contribution is 5.46. The summed E-state index contributed by atoms with van der Waals surface area (Å²) in [5.41, 5.74) is 1.85. The highest BCUT2D eigenvalue weighted by atomic mass is 16.3. The number of rotatable bonds is 2. The SMILES string of the molecule is Oc1cccc(Cc2ccccc2)c1O. The topological polar surface area (TPSA) is 40.5 Å². The average molecular weight is 200 g/mol. The summed E-state index contributed by atoms with van der Waals surface area (Å²) in [6, 6.07) is 14.8. The average Bonchev–Trinajstić information content (AvgIpc) is 2.26. The van der Waals surface area contributed by atoms with Crippen LogP contribution in [-0.4, -0.2) is 10.2 Å². The first kappa shape index (κ1) is 9.59. The highest BCUT2D eigenvalue weighted by Gasteiger charge is 2.05. The molecule has 0 unspecified atom stereocenters. The van der Waals surface area contributed by atoms with E-state index in [1.54, 1.807) is 6.07 Å². The minimum Gasteiger partial charge on any atom is -0.504 e. The van der Waals surface area contributed by atoms with Gasteiger partial charge in [-0.05, 0) is 11.6 Å². The second kappa shape index (κ2) is 4.05. The lowest BCUT2D eigenvalue weighted by molar-refractivity contribution is 0.400. The molecule has 76 valence electrons. The Bertz CT molecular complexity index is 449. The van der Waals surface area contributed by atoms with Crippen molar-refractivity contribution in [2.45, 2.75) is 6.42 Å². The van der Waals surface area contributed by atoms with Gasteiger partial charge < -0.3 is 10.2 Å². The van der Waals surface area contributed by atoms with E-state index in [-0.39, 0.29) is 11.5 Å². The monoisotopic (exact) mass is 200 g/mol. The van der Waals surface area contributed by atoms with Gasteiger partial charge in [-0.15, -0.1) is 0 Å². The molecule has 0 fully saturated rings. The lowest BCUT2D eigenvalue weighted by Crippen LogP contribution is -1.88. The highest BCUT2D eigenvalue weighted by Crippen LogP contribution is 2.29. The minimum absolute atomic E-state index is 0.0265. The molecule has 0 aromatic heterocycles. The maximum absolute atomic E-state index is 9.61. The van der Waals surface area contributed by atoms with E-state index < -0.39 is 0 Å².